The summed E-state index contributed by atoms with van der Waals surface area (Å²) in [5.41, 5.74) is -0.0274. The van der Waals surface area contributed by atoms with E-state index in [1.807, 2.05) is 0 Å². The summed E-state index contributed by atoms with van der Waals surface area (Å²) >= 11 is 2.65. The molecule has 2 N–H and O–H groups in total. The molecular formula is C10H11N3O4S2. The molecule has 9 heteroatoms. The van der Waals surface area contributed by atoms with Crippen molar-refractivity contribution in [2.45, 2.75) is 6.54 Å². The topological polar surface area (TPSA) is 99.6 Å². The van der Waals surface area contributed by atoms with Crippen LogP contribution in [0, 0.1) is 0 Å². The quantitative estimate of drug-likeness (QED) is 0.793. The van der Waals surface area contributed by atoms with Gasteiger partial charge in [0.2, 0.25) is 11.8 Å². The number of carboxylic acid groups (broad SMARTS) is 1. The van der Waals surface area contributed by atoms with E-state index in [9.17, 15) is 14.4 Å². The van der Waals surface area contributed by atoms with Gasteiger partial charge in [0.15, 0.2) is 5.69 Å². The number of nitrogens with zero attached hydrogens (tertiary/aromatic N) is 2. The van der Waals surface area contributed by atoms with E-state index in [0.29, 0.717) is 16.6 Å². The highest BCUT2D eigenvalue weighted by Gasteiger charge is 2.22. The van der Waals surface area contributed by atoms with Crippen LogP contribution in [0.25, 0.3) is 0 Å². The number of carbonyl (C=O) groups excluding carboxylic acids is 2. The van der Waals surface area contributed by atoms with Crippen molar-refractivity contribution in [1.82, 2.24) is 15.2 Å². The van der Waals surface area contributed by atoms with Crippen molar-refractivity contribution in [1.29, 1.82) is 0 Å². The monoisotopic (exact) mass is 301 g/mol. The largest absolute Gasteiger partial charge is 0.476 e. The molecule has 2 heterocycles. The first-order chi connectivity index (χ1) is 9.06. The maximum Gasteiger partial charge on any atom is 0.355 e. The summed E-state index contributed by atoms with van der Waals surface area (Å²) in [5.74, 6) is -0.451. The van der Waals surface area contributed by atoms with E-state index in [2.05, 4.69) is 10.3 Å². The number of hydrogen-bond donors (Lipinski definition) is 2. The first-order valence-electron chi connectivity index (χ1n) is 5.36. The number of rotatable bonds is 5. The third kappa shape index (κ3) is 3.67. The number of aromatic carboxylic acids is 1. The molecule has 102 valence electrons. The zero-order chi connectivity index (χ0) is 13.8. The van der Waals surface area contributed by atoms with Crippen LogP contribution in [0.5, 0.6) is 0 Å². The Balaban J connectivity index is 1.79. The van der Waals surface area contributed by atoms with Crippen LogP contribution in [0.4, 0.5) is 0 Å². The lowest BCUT2D eigenvalue weighted by molar-refractivity contribution is -0.132. The Hall–Kier alpha value is -1.61. The molecule has 0 radical (unpaired) electrons. The lowest BCUT2D eigenvalue weighted by Gasteiger charge is -2.13. The predicted octanol–water partition coefficient (Wildman–Crippen LogP) is -0.00960. The van der Waals surface area contributed by atoms with Gasteiger partial charge in [-0.05, 0) is 0 Å². The van der Waals surface area contributed by atoms with Crippen molar-refractivity contribution in [2.75, 3.05) is 18.2 Å². The van der Waals surface area contributed by atoms with Crippen molar-refractivity contribution in [2.24, 2.45) is 0 Å². The average Bonchev–Trinajstić information content (AvgIpc) is 2.97. The summed E-state index contributed by atoms with van der Waals surface area (Å²) in [6.45, 7) is 0.203. The fraction of sp³-hybridized carbons (Fsp3) is 0.400. The van der Waals surface area contributed by atoms with Gasteiger partial charge in [-0.2, -0.15) is 0 Å². The van der Waals surface area contributed by atoms with Crippen LogP contribution in [-0.2, 0) is 16.1 Å². The highest BCUT2D eigenvalue weighted by atomic mass is 32.2. The molecule has 0 atom stereocenters. The molecule has 1 saturated heterocycles. The van der Waals surface area contributed by atoms with E-state index in [0.717, 1.165) is 0 Å². The fourth-order valence-corrected chi connectivity index (χ4v) is 3.05. The second kappa shape index (κ2) is 6.02. The van der Waals surface area contributed by atoms with Gasteiger partial charge >= 0.3 is 5.97 Å². The molecule has 1 fully saturated rings. The van der Waals surface area contributed by atoms with Crippen LogP contribution in [0.3, 0.4) is 0 Å². The third-order valence-corrected chi connectivity index (χ3v) is 4.16. The lowest BCUT2D eigenvalue weighted by atomic mass is 10.4. The zero-order valence-corrected chi connectivity index (χ0v) is 11.4. The first kappa shape index (κ1) is 13.8. The molecule has 0 saturated carbocycles. The molecule has 1 aliphatic heterocycles. The summed E-state index contributed by atoms with van der Waals surface area (Å²) in [6, 6.07) is 0. The van der Waals surface area contributed by atoms with Gasteiger partial charge in [0.05, 0.1) is 18.2 Å². The minimum absolute atomic E-state index is 0.0274. The van der Waals surface area contributed by atoms with Crippen molar-refractivity contribution >= 4 is 40.9 Å². The van der Waals surface area contributed by atoms with Crippen LogP contribution in [-0.4, -0.2) is 50.9 Å². The number of thioether (sulfide) groups is 1. The summed E-state index contributed by atoms with van der Waals surface area (Å²) in [7, 11) is 0. The number of carbonyl (C=O) groups is 3. The Morgan fingerprint density at radius 3 is 2.89 bits per heavy atom. The number of nitrogens with one attached hydrogen (secondary N) is 1. The van der Waals surface area contributed by atoms with Gasteiger partial charge in [-0.15, -0.1) is 23.1 Å². The Morgan fingerprint density at radius 2 is 2.32 bits per heavy atom. The van der Waals surface area contributed by atoms with Crippen molar-refractivity contribution < 1.29 is 19.5 Å². The SMILES string of the molecule is O=C(CN1CSCC1=O)NCc1nc(C(=O)O)cs1. The number of thiazole rings is 1. The van der Waals surface area contributed by atoms with Crippen LogP contribution < -0.4 is 5.32 Å². The smallest absolute Gasteiger partial charge is 0.355 e. The molecule has 0 bridgehead atoms. The maximum atomic E-state index is 11.6. The molecule has 0 aromatic carbocycles. The number of aromatic nitrogens is 1. The highest BCUT2D eigenvalue weighted by molar-refractivity contribution is 8.00. The van der Waals surface area contributed by atoms with E-state index in [1.165, 1.54) is 33.4 Å². The molecule has 0 unspecified atom stereocenters. The molecule has 0 aliphatic carbocycles. The standard InChI is InChI=1S/C10H11N3O4S2/c14-7(2-13-5-18-4-9(13)15)11-1-8-12-6(3-19-8)10(16)17/h3H,1-2,4-5H2,(H,11,14)(H,16,17). The summed E-state index contributed by atoms with van der Waals surface area (Å²) in [4.78, 5) is 38.9. The molecule has 2 amide bonds. The Morgan fingerprint density at radius 1 is 1.53 bits per heavy atom. The predicted molar refractivity (Wildman–Crippen MR) is 70.0 cm³/mol. The second-order valence-electron chi connectivity index (χ2n) is 3.78. The van der Waals surface area contributed by atoms with E-state index in [-0.39, 0.29) is 30.6 Å². The van der Waals surface area contributed by atoms with Gasteiger partial charge in [-0.1, -0.05) is 0 Å². The van der Waals surface area contributed by atoms with Gasteiger partial charge in [-0.3, -0.25) is 9.59 Å². The van der Waals surface area contributed by atoms with E-state index >= 15 is 0 Å². The van der Waals surface area contributed by atoms with Gasteiger partial charge < -0.3 is 15.3 Å². The molecule has 19 heavy (non-hydrogen) atoms. The normalized spacial score (nSPS) is 14.7. The molecule has 0 spiro atoms. The van der Waals surface area contributed by atoms with Gasteiger partial charge in [-0.25, -0.2) is 9.78 Å². The van der Waals surface area contributed by atoms with E-state index in [1.54, 1.807) is 0 Å². The summed E-state index contributed by atoms with van der Waals surface area (Å²) in [6.07, 6.45) is 0. The van der Waals surface area contributed by atoms with Crippen molar-refractivity contribution in [3.63, 3.8) is 0 Å². The van der Waals surface area contributed by atoms with Crippen molar-refractivity contribution in [3.8, 4) is 0 Å². The molecule has 1 aliphatic rings. The molecular weight excluding hydrogens is 290 g/mol. The number of hydrogen-bond acceptors (Lipinski definition) is 6. The Labute approximate surface area is 117 Å². The highest BCUT2D eigenvalue weighted by Crippen LogP contribution is 2.14. The van der Waals surface area contributed by atoms with Gasteiger partial charge in [0, 0.05) is 5.38 Å². The minimum Gasteiger partial charge on any atom is -0.476 e. The summed E-state index contributed by atoms with van der Waals surface area (Å²) in [5, 5.41) is 13.3. The van der Waals surface area contributed by atoms with Crippen LogP contribution in [0.15, 0.2) is 5.38 Å². The van der Waals surface area contributed by atoms with Gasteiger partial charge in [0.1, 0.15) is 11.6 Å². The molecule has 2 rings (SSSR count). The fourth-order valence-electron chi connectivity index (χ4n) is 1.43. The van der Waals surface area contributed by atoms with Crippen LogP contribution in [0.2, 0.25) is 0 Å². The van der Waals surface area contributed by atoms with E-state index < -0.39 is 5.97 Å². The van der Waals surface area contributed by atoms with Crippen molar-refractivity contribution in [3.05, 3.63) is 16.1 Å². The summed E-state index contributed by atoms with van der Waals surface area (Å²) < 4.78 is 0. The first-order valence-corrected chi connectivity index (χ1v) is 7.39. The Bertz CT molecular complexity index is 517. The zero-order valence-electron chi connectivity index (χ0n) is 9.79. The lowest BCUT2D eigenvalue weighted by Crippen LogP contribution is -2.37. The molecule has 7 nitrogen and oxygen atoms in total. The minimum atomic E-state index is -1.09. The molecule has 1 aromatic rings. The third-order valence-electron chi connectivity index (χ3n) is 2.37. The average molecular weight is 301 g/mol. The molecule has 1 aromatic heterocycles. The maximum absolute atomic E-state index is 11.6. The second-order valence-corrected chi connectivity index (χ2v) is 5.68. The number of carboxylic acids is 1. The van der Waals surface area contributed by atoms with Crippen LogP contribution in [0.1, 0.15) is 15.5 Å². The van der Waals surface area contributed by atoms with Gasteiger partial charge in [0.25, 0.3) is 0 Å². The number of amides is 2. The van der Waals surface area contributed by atoms with E-state index in [4.69, 9.17) is 5.11 Å². The Kier molecular flexibility index (Phi) is 4.38. The van der Waals surface area contributed by atoms with Crippen LogP contribution >= 0.6 is 23.1 Å².